The van der Waals surface area contributed by atoms with Gasteiger partial charge in [0, 0.05) is 19.2 Å². The highest BCUT2D eigenvalue weighted by Gasteiger charge is 2.44. The molecule has 0 aromatic rings. The molecule has 2 rings (SSSR count). The third kappa shape index (κ3) is 2.58. The minimum Gasteiger partial charge on any atom is -0.379 e. The molecular formula is C13H26N2O. The largest absolute Gasteiger partial charge is 0.379 e. The standard InChI is InChI=1S/C13H26N2O/c1-2-3-8-15(12-5-6-12)13(10-14)7-4-9-16-11-13/h12H,2-11,14H2,1H3. The molecule has 94 valence electrons. The molecule has 1 aliphatic heterocycles. The maximum absolute atomic E-state index is 6.05. The number of hydrogen-bond donors (Lipinski definition) is 1. The summed E-state index contributed by atoms with van der Waals surface area (Å²) in [6, 6.07) is 0.803. The molecule has 2 fully saturated rings. The molecular weight excluding hydrogens is 200 g/mol. The Hall–Kier alpha value is -0.120. The van der Waals surface area contributed by atoms with E-state index in [0.29, 0.717) is 0 Å². The van der Waals surface area contributed by atoms with Crippen molar-refractivity contribution < 1.29 is 4.74 Å². The van der Waals surface area contributed by atoms with Crippen LogP contribution in [0.1, 0.15) is 45.4 Å². The van der Waals surface area contributed by atoms with Crippen molar-refractivity contribution in [3.8, 4) is 0 Å². The zero-order valence-corrected chi connectivity index (χ0v) is 10.6. The van der Waals surface area contributed by atoms with Crippen molar-refractivity contribution in [1.29, 1.82) is 0 Å². The van der Waals surface area contributed by atoms with Crippen molar-refractivity contribution in [2.45, 2.75) is 57.0 Å². The quantitative estimate of drug-likeness (QED) is 0.750. The summed E-state index contributed by atoms with van der Waals surface area (Å²) < 4.78 is 5.69. The Bertz CT molecular complexity index is 210. The van der Waals surface area contributed by atoms with Gasteiger partial charge in [0.15, 0.2) is 0 Å². The third-order valence-electron chi connectivity index (χ3n) is 4.03. The Kier molecular flexibility index (Phi) is 4.22. The van der Waals surface area contributed by atoms with E-state index in [1.165, 1.54) is 45.1 Å². The Morgan fingerprint density at radius 3 is 2.75 bits per heavy atom. The zero-order valence-electron chi connectivity index (χ0n) is 10.6. The summed E-state index contributed by atoms with van der Waals surface area (Å²) in [5, 5.41) is 0. The molecule has 2 aliphatic rings. The highest BCUT2D eigenvalue weighted by molar-refractivity contribution is 5.00. The summed E-state index contributed by atoms with van der Waals surface area (Å²) in [6.45, 7) is 6.00. The van der Waals surface area contributed by atoms with Crippen molar-refractivity contribution in [2.24, 2.45) is 5.73 Å². The summed E-state index contributed by atoms with van der Waals surface area (Å²) in [5.41, 5.74) is 6.22. The molecule has 2 N–H and O–H groups in total. The van der Waals surface area contributed by atoms with Gasteiger partial charge in [-0.3, -0.25) is 4.90 Å². The lowest BCUT2D eigenvalue weighted by atomic mass is 9.89. The van der Waals surface area contributed by atoms with E-state index in [-0.39, 0.29) is 5.54 Å². The maximum atomic E-state index is 6.05. The summed E-state index contributed by atoms with van der Waals surface area (Å²) in [5.74, 6) is 0. The van der Waals surface area contributed by atoms with Gasteiger partial charge in [-0.1, -0.05) is 13.3 Å². The molecule has 16 heavy (non-hydrogen) atoms. The number of ether oxygens (including phenoxy) is 1. The summed E-state index contributed by atoms with van der Waals surface area (Å²) in [7, 11) is 0. The monoisotopic (exact) mass is 226 g/mol. The van der Waals surface area contributed by atoms with Gasteiger partial charge in [0.25, 0.3) is 0 Å². The van der Waals surface area contributed by atoms with Crippen molar-refractivity contribution in [3.63, 3.8) is 0 Å². The summed E-state index contributed by atoms with van der Waals surface area (Å²) in [6.07, 6.45) is 7.69. The molecule has 1 heterocycles. The third-order valence-corrected chi connectivity index (χ3v) is 4.03. The predicted molar refractivity (Wildman–Crippen MR) is 66.5 cm³/mol. The lowest BCUT2D eigenvalue weighted by Crippen LogP contribution is -2.59. The first kappa shape index (κ1) is 12.3. The first-order valence-electron chi connectivity index (χ1n) is 6.87. The second-order valence-electron chi connectivity index (χ2n) is 5.36. The fraction of sp³-hybridized carbons (Fsp3) is 1.00. The van der Waals surface area contributed by atoms with Gasteiger partial charge >= 0.3 is 0 Å². The molecule has 1 unspecified atom stereocenters. The van der Waals surface area contributed by atoms with Gasteiger partial charge in [0.2, 0.25) is 0 Å². The van der Waals surface area contributed by atoms with E-state index in [1.807, 2.05) is 0 Å². The van der Waals surface area contributed by atoms with E-state index in [1.54, 1.807) is 0 Å². The topological polar surface area (TPSA) is 38.5 Å². The van der Waals surface area contributed by atoms with Gasteiger partial charge in [0.1, 0.15) is 0 Å². The van der Waals surface area contributed by atoms with Crippen LogP contribution >= 0.6 is 0 Å². The lowest BCUT2D eigenvalue weighted by Gasteiger charge is -2.46. The van der Waals surface area contributed by atoms with Crippen molar-refractivity contribution >= 4 is 0 Å². The Labute approximate surface area is 99.3 Å². The van der Waals surface area contributed by atoms with Gasteiger partial charge in [-0.05, 0) is 38.6 Å². The molecule has 1 atom stereocenters. The highest BCUT2D eigenvalue weighted by Crippen LogP contribution is 2.36. The number of unbranched alkanes of at least 4 members (excludes halogenated alkanes) is 1. The van der Waals surface area contributed by atoms with Crippen LogP contribution in [0.25, 0.3) is 0 Å². The maximum Gasteiger partial charge on any atom is 0.0662 e. The molecule has 0 spiro atoms. The first-order chi connectivity index (χ1) is 7.82. The fourth-order valence-electron chi connectivity index (χ4n) is 2.86. The Morgan fingerprint density at radius 1 is 1.44 bits per heavy atom. The number of nitrogens with zero attached hydrogens (tertiary/aromatic N) is 1. The Morgan fingerprint density at radius 2 is 2.25 bits per heavy atom. The van der Waals surface area contributed by atoms with Crippen LogP contribution in [0.2, 0.25) is 0 Å². The molecule has 1 aliphatic carbocycles. The number of rotatable bonds is 6. The number of nitrogens with two attached hydrogens (primary N) is 1. The average Bonchev–Trinajstić information content (AvgIpc) is 3.15. The molecule has 1 saturated carbocycles. The lowest BCUT2D eigenvalue weighted by molar-refractivity contribution is -0.0495. The SMILES string of the molecule is CCCCN(C1CC1)C1(CN)CCCOC1. The molecule has 1 saturated heterocycles. The predicted octanol–water partition coefficient (Wildman–Crippen LogP) is 1.76. The van der Waals surface area contributed by atoms with E-state index in [0.717, 1.165) is 25.8 Å². The van der Waals surface area contributed by atoms with Crippen LogP contribution in [0.5, 0.6) is 0 Å². The summed E-state index contributed by atoms with van der Waals surface area (Å²) >= 11 is 0. The van der Waals surface area contributed by atoms with E-state index < -0.39 is 0 Å². The van der Waals surface area contributed by atoms with Crippen molar-refractivity contribution in [1.82, 2.24) is 4.90 Å². The molecule has 0 radical (unpaired) electrons. The smallest absolute Gasteiger partial charge is 0.0662 e. The molecule has 0 aromatic carbocycles. The molecule has 3 heteroatoms. The highest BCUT2D eigenvalue weighted by atomic mass is 16.5. The zero-order chi connectivity index (χ0) is 11.4. The van der Waals surface area contributed by atoms with Crippen LogP contribution in [0.4, 0.5) is 0 Å². The van der Waals surface area contributed by atoms with Crippen molar-refractivity contribution in [3.05, 3.63) is 0 Å². The normalized spacial score (nSPS) is 30.9. The van der Waals surface area contributed by atoms with Crippen LogP contribution in [0, 0.1) is 0 Å². The minimum atomic E-state index is 0.161. The van der Waals surface area contributed by atoms with Crippen LogP contribution in [0.3, 0.4) is 0 Å². The van der Waals surface area contributed by atoms with Crippen LogP contribution in [-0.4, -0.2) is 42.8 Å². The van der Waals surface area contributed by atoms with E-state index in [9.17, 15) is 0 Å². The van der Waals surface area contributed by atoms with Gasteiger partial charge in [-0.15, -0.1) is 0 Å². The molecule has 3 nitrogen and oxygen atoms in total. The molecule has 0 amide bonds. The van der Waals surface area contributed by atoms with Crippen LogP contribution < -0.4 is 5.73 Å². The second kappa shape index (κ2) is 5.48. The fourth-order valence-corrected chi connectivity index (χ4v) is 2.86. The van der Waals surface area contributed by atoms with Crippen LogP contribution in [-0.2, 0) is 4.74 Å². The minimum absolute atomic E-state index is 0.161. The van der Waals surface area contributed by atoms with E-state index in [2.05, 4.69) is 11.8 Å². The van der Waals surface area contributed by atoms with Crippen LogP contribution in [0.15, 0.2) is 0 Å². The number of hydrogen-bond acceptors (Lipinski definition) is 3. The molecule has 0 aromatic heterocycles. The van der Waals surface area contributed by atoms with Gasteiger partial charge in [0.05, 0.1) is 12.1 Å². The van der Waals surface area contributed by atoms with Gasteiger partial charge in [-0.25, -0.2) is 0 Å². The van der Waals surface area contributed by atoms with E-state index >= 15 is 0 Å². The molecule has 0 bridgehead atoms. The second-order valence-corrected chi connectivity index (χ2v) is 5.36. The van der Waals surface area contributed by atoms with Gasteiger partial charge in [-0.2, -0.15) is 0 Å². The average molecular weight is 226 g/mol. The van der Waals surface area contributed by atoms with Crippen molar-refractivity contribution in [2.75, 3.05) is 26.3 Å². The van der Waals surface area contributed by atoms with Gasteiger partial charge < -0.3 is 10.5 Å². The summed E-state index contributed by atoms with van der Waals surface area (Å²) in [4.78, 5) is 2.68. The Balaban J connectivity index is 2.01. The first-order valence-corrected chi connectivity index (χ1v) is 6.87. The van der Waals surface area contributed by atoms with E-state index in [4.69, 9.17) is 10.5 Å².